The first-order valence-corrected chi connectivity index (χ1v) is 8.87. The molecule has 1 aliphatic carbocycles. The molecule has 0 saturated carbocycles. The highest BCUT2D eigenvalue weighted by Gasteiger charge is 2.32. The predicted molar refractivity (Wildman–Crippen MR) is 82.4 cm³/mol. The van der Waals surface area contributed by atoms with Crippen molar-refractivity contribution in [2.75, 3.05) is 12.3 Å². The summed E-state index contributed by atoms with van der Waals surface area (Å²) in [6.07, 6.45) is 4.63. The third-order valence-electron chi connectivity index (χ3n) is 3.85. The zero-order valence-corrected chi connectivity index (χ0v) is 13.2. The molecule has 0 aromatic heterocycles. The topological polar surface area (TPSA) is 87.0 Å². The van der Waals surface area contributed by atoms with Crippen molar-refractivity contribution in [1.29, 1.82) is 5.26 Å². The van der Waals surface area contributed by atoms with Gasteiger partial charge in [-0.3, -0.25) is 4.79 Å². The number of carbonyl (C=O) groups is 1. The van der Waals surface area contributed by atoms with E-state index in [-0.39, 0.29) is 29.0 Å². The van der Waals surface area contributed by atoms with Gasteiger partial charge in [-0.2, -0.15) is 5.26 Å². The first-order chi connectivity index (χ1) is 10.9. The van der Waals surface area contributed by atoms with Gasteiger partial charge in [-0.15, -0.1) is 0 Å². The summed E-state index contributed by atoms with van der Waals surface area (Å²) in [6, 6.07) is 6.49. The molecule has 7 heteroatoms. The fraction of sp³-hybridized carbons (Fsp3) is 0.375. The molecule has 0 heterocycles. The van der Waals surface area contributed by atoms with Crippen molar-refractivity contribution in [3.63, 3.8) is 0 Å². The van der Waals surface area contributed by atoms with Gasteiger partial charge in [0.25, 0.3) is 0 Å². The highest BCUT2D eigenvalue weighted by molar-refractivity contribution is 7.91. The Morgan fingerprint density at radius 1 is 1.26 bits per heavy atom. The first kappa shape index (κ1) is 17.2. The fourth-order valence-corrected chi connectivity index (χ4v) is 4.33. The maximum atomic E-state index is 12.9. The smallest absolute Gasteiger partial charge is 0.224 e. The summed E-state index contributed by atoms with van der Waals surface area (Å²) in [6.45, 7) is -0.101. The average Bonchev–Trinajstić information content (AvgIpc) is 2.53. The Bertz CT molecular complexity index is 736. The van der Waals surface area contributed by atoms with E-state index < -0.39 is 21.6 Å². The van der Waals surface area contributed by atoms with E-state index in [1.165, 1.54) is 12.1 Å². The van der Waals surface area contributed by atoms with Crippen molar-refractivity contribution >= 4 is 15.7 Å². The number of allylic oxidation sites excluding steroid dienone is 2. The van der Waals surface area contributed by atoms with Crippen LogP contribution < -0.4 is 5.32 Å². The van der Waals surface area contributed by atoms with E-state index in [1.54, 1.807) is 0 Å². The standard InChI is InChI=1S/C16H17FN2O3S/c17-13-5-7-14(8-6-13)23(21,22)11-12-3-1-2-4-15(12)16(20)19-10-9-18/h1-2,5-8,12,15H,3-4,10-11H2,(H,19,20)/t12-,15+/m0/s1. The number of benzene rings is 1. The molecule has 122 valence electrons. The molecule has 1 aliphatic rings. The number of halogens is 1. The lowest BCUT2D eigenvalue weighted by molar-refractivity contribution is -0.126. The Morgan fingerprint density at radius 3 is 2.57 bits per heavy atom. The van der Waals surface area contributed by atoms with Crippen molar-refractivity contribution in [3.8, 4) is 6.07 Å². The first-order valence-electron chi connectivity index (χ1n) is 7.22. The minimum absolute atomic E-state index is 0.0460. The quantitative estimate of drug-likeness (QED) is 0.505. The number of hydrogen-bond donors (Lipinski definition) is 1. The molecular weight excluding hydrogens is 319 g/mol. The fourth-order valence-electron chi connectivity index (χ4n) is 2.65. The van der Waals surface area contributed by atoms with Crippen LogP contribution in [0, 0.1) is 29.0 Å². The van der Waals surface area contributed by atoms with Crippen LogP contribution in [0.25, 0.3) is 0 Å². The number of nitrogens with one attached hydrogen (secondary N) is 1. The van der Waals surface area contributed by atoms with E-state index in [0.29, 0.717) is 12.8 Å². The zero-order chi connectivity index (χ0) is 16.9. The van der Waals surface area contributed by atoms with Crippen LogP contribution in [0.5, 0.6) is 0 Å². The minimum atomic E-state index is -3.61. The van der Waals surface area contributed by atoms with Gasteiger partial charge < -0.3 is 5.32 Å². The van der Waals surface area contributed by atoms with E-state index in [0.717, 1.165) is 12.1 Å². The van der Waals surface area contributed by atoms with Gasteiger partial charge in [0.15, 0.2) is 9.84 Å². The second-order valence-electron chi connectivity index (χ2n) is 5.42. The van der Waals surface area contributed by atoms with Gasteiger partial charge in [0.1, 0.15) is 12.4 Å². The molecule has 5 nitrogen and oxygen atoms in total. The second kappa shape index (κ2) is 7.38. The van der Waals surface area contributed by atoms with E-state index >= 15 is 0 Å². The Morgan fingerprint density at radius 2 is 1.91 bits per heavy atom. The van der Waals surface area contributed by atoms with Crippen LogP contribution in [0.3, 0.4) is 0 Å². The molecule has 1 aromatic rings. The molecule has 23 heavy (non-hydrogen) atoms. The molecule has 1 aromatic carbocycles. The van der Waals surface area contributed by atoms with Gasteiger partial charge in [0.05, 0.1) is 16.7 Å². The maximum absolute atomic E-state index is 12.9. The van der Waals surface area contributed by atoms with Crippen LogP contribution in [0.1, 0.15) is 12.8 Å². The SMILES string of the molecule is N#CCNC(=O)[C@@H]1CC=CC[C@H]1CS(=O)(=O)c1ccc(F)cc1. The molecule has 1 amide bonds. The van der Waals surface area contributed by atoms with Gasteiger partial charge in [-0.25, -0.2) is 12.8 Å². The molecule has 2 atom stereocenters. The Balaban J connectivity index is 2.15. The van der Waals surface area contributed by atoms with Crippen molar-refractivity contribution in [1.82, 2.24) is 5.32 Å². The summed E-state index contributed by atoms with van der Waals surface area (Å²) < 4.78 is 37.9. The van der Waals surface area contributed by atoms with E-state index in [4.69, 9.17) is 5.26 Å². The molecule has 0 aliphatic heterocycles. The number of sulfone groups is 1. The lowest BCUT2D eigenvalue weighted by atomic mass is 9.83. The third-order valence-corrected chi connectivity index (χ3v) is 5.71. The number of nitrogens with zero attached hydrogens (tertiary/aromatic N) is 1. The summed E-state index contributed by atoms with van der Waals surface area (Å²) >= 11 is 0. The second-order valence-corrected chi connectivity index (χ2v) is 7.45. The monoisotopic (exact) mass is 336 g/mol. The van der Waals surface area contributed by atoms with Crippen LogP contribution in [-0.4, -0.2) is 26.6 Å². The number of nitriles is 1. The third kappa shape index (κ3) is 4.39. The molecule has 0 radical (unpaired) electrons. The zero-order valence-electron chi connectivity index (χ0n) is 12.4. The Kier molecular flexibility index (Phi) is 5.50. The Labute approximate surface area is 134 Å². The van der Waals surface area contributed by atoms with Crippen LogP contribution in [0.15, 0.2) is 41.3 Å². The van der Waals surface area contributed by atoms with Crippen LogP contribution in [-0.2, 0) is 14.6 Å². The van der Waals surface area contributed by atoms with Crippen molar-refractivity contribution in [3.05, 3.63) is 42.2 Å². The molecular formula is C16H17FN2O3S. The van der Waals surface area contributed by atoms with Crippen molar-refractivity contribution in [2.45, 2.75) is 17.7 Å². The average molecular weight is 336 g/mol. The van der Waals surface area contributed by atoms with Gasteiger partial charge in [-0.1, -0.05) is 12.2 Å². The van der Waals surface area contributed by atoms with Crippen LogP contribution in [0.2, 0.25) is 0 Å². The van der Waals surface area contributed by atoms with Crippen LogP contribution >= 0.6 is 0 Å². The molecule has 0 fully saturated rings. The summed E-state index contributed by atoms with van der Waals surface area (Å²) in [4.78, 5) is 12.1. The Hall–Kier alpha value is -2.20. The highest BCUT2D eigenvalue weighted by Crippen LogP contribution is 2.29. The summed E-state index contributed by atoms with van der Waals surface area (Å²) in [7, 11) is -3.61. The highest BCUT2D eigenvalue weighted by atomic mass is 32.2. The van der Waals surface area contributed by atoms with E-state index in [9.17, 15) is 17.6 Å². The molecule has 0 unspecified atom stereocenters. The van der Waals surface area contributed by atoms with Crippen molar-refractivity contribution in [2.24, 2.45) is 11.8 Å². The number of carbonyl (C=O) groups excluding carboxylic acids is 1. The predicted octanol–water partition coefficient (Wildman–Crippen LogP) is 1.82. The lowest BCUT2D eigenvalue weighted by Gasteiger charge is -2.27. The molecule has 0 spiro atoms. The van der Waals surface area contributed by atoms with Gasteiger partial charge in [0, 0.05) is 5.92 Å². The number of hydrogen-bond acceptors (Lipinski definition) is 4. The maximum Gasteiger partial charge on any atom is 0.224 e. The summed E-state index contributed by atoms with van der Waals surface area (Å²) in [5, 5.41) is 11.0. The lowest BCUT2D eigenvalue weighted by Crippen LogP contribution is -2.38. The van der Waals surface area contributed by atoms with E-state index in [2.05, 4.69) is 5.32 Å². The molecule has 1 N–H and O–H groups in total. The van der Waals surface area contributed by atoms with Gasteiger partial charge in [0.2, 0.25) is 5.91 Å². The molecule has 2 rings (SSSR count). The van der Waals surface area contributed by atoms with Crippen LogP contribution in [0.4, 0.5) is 4.39 Å². The van der Waals surface area contributed by atoms with Crippen molar-refractivity contribution < 1.29 is 17.6 Å². The van der Waals surface area contributed by atoms with Gasteiger partial charge >= 0.3 is 0 Å². The largest absolute Gasteiger partial charge is 0.343 e. The number of rotatable bonds is 5. The minimum Gasteiger partial charge on any atom is -0.343 e. The normalized spacial score (nSPS) is 20.7. The summed E-state index contributed by atoms with van der Waals surface area (Å²) in [5.41, 5.74) is 0. The molecule has 0 bridgehead atoms. The summed E-state index contributed by atoms with van der Waals surface area (Å²) in [5.74, 6) is -1.85. The van der Waals surface area contributed by atoms with E-state index in [1.807, 2.05) is 18.2 Å². The molecule has 0 saturated heterocycles. The van der Waals surface area contributed by atoms with Gasteiger partial charge in [-0.05, 0) is 43.0 Å². The number of amides is 1.